The summed E-state index contributed by atoms with van der Waals surface area (Å²) >= 11 is 0. The molecule has 1 saturated carbocycles. The third-order valence-corrected chi connectivity index (χ3v) is 6.39. The van der Waals surface area contributed by atoms with E-state index < -0.39 is 23.8 Å². The topological polar surface area (TPSA) is 92.5 Å². The molecule has 2 atom stereocenters. The zero-order valence-corrected chi connectivity index (χ0v) is 19.1. The maximum absolute atomic E-state index is 13.2. The van der Waals surface area contributed by atoms with Crippen LogP contribution in [0.5, 0.6) is 0 Å². The van der Waals surface area contributed by atoms with Crippen molar-refractivity contribution < 1.29 is 9.53 Å². The fourth-order valence-electron chi connectivity index (χ4n) is 5.45. The van der Waals surface area contributed by atoms with Gasteiger partial charge in [-0.2, -0.15) is 4.98 Å². The van der Waals surface area contributed by atoms with E-state index in [2.05, 4.69) is 25.3 Å². The van der Waals surface area contributed by atoms with Crippen LogP contribution in [0.1, 0.15) is 58.7 Å². The summed E-state index contributed by atoms with van der Waals surface area (Å²) < 4.78 is 11.2. The van der Waals surface area contributed by atoms with Crippen LogP contribution in [0, 0.1) is 18.3 Å². The van der Waals surface area contributed by atoms with Crippen LogP contribution in [0.3, 0.4) is 0 Å². The van der Waals surface area contributed by atoms with Crippen molar-refractivity contribution in [2.45, 2.75) is 66.5 Å². The van der Waals surface area contributed by atoms with Gasteiger partial charge in [-0.25, -0.2) is 9.36 Å². The summed E-state index contributed by atoms with van der Waals surface area (Å²) in [5.41, 5.74) is 0.745. The monoisotopic (exact) mass is 429 g/mol. The first-order valence-corrected chi connectivity index (χ1v) is 10.9. The summed E-state index contributed by atoms with van der Waals surface area (Å²) in [6.45, 7) is 10.3. The highest BCUT2D eigenvalue weighted by Crippen LogP contribution is 2.44. The number of fused-ring (bicyclic) bond motifs is 3. The van der Waals surface area contributed by atoms with Crippen molar-refractivity contribution >= 4 is 22.9 Å². The molecule has 1 aliphatic rings. The van der Waals surface area contributed by atoms with Crippen LogP contribution < -0.4 is 11.2 Å². The maximum Gasteiger partial charge on any atom is 0.333 e. The van der Waals surface area contributed by atoms with Gasteiger partial charge in [-0.15, -0.1) is 0 Å². The molecule has 3 aromatic heterocycles. The molecule has 0 amide bonds. The van der Waals surface area contributed by atoms with Crippen molar-refractivity contribution in [1.29, 1.82) is 0 Å². The van der Waals surface area contributed by atoms with Gasteiger partial charge in [-0.3, -0.25) is 18.6 Å². The molecule has 1 fully saturated rings. The van der Waals surface area contributed by atoms with Crippen molar-refractivity contribution in [3.8, 4) is 0 Å². The molecule has 168 valence electrons. The molecule has 3 heterocycles. The van der Waals surface area contributed by atoms with Gasteiger partial charge in [0.25, 0.3) is 5.56 Å². The molecule has 9 heteroatoms. The summed E-state index contributed by atoms with van der Waals surface area (Å²) in [7, 11) is 1.57. The van der Waals surface area contributed by atoms with E-state index in [1.54, 1.807) is 18.4 Å². The second-order valence-electron chi connectivity index (χ2n) is 9.70. The molecule has 4 rings (SSSR count). The Bertz CT molecular complexity index is 1290. The molecule has 0 N–H and O–H groups in total. The van der Waals surface area contributed by atoms with E-state index in [1.807, 2.05) is 13.1 Å². The summed E-state index contributed by atoms with van der Waals surface area (Å²) in [4.78, 5) is 42.7. The third-order valence-electron chi connectivity index (χ3n) is 6.39. The standard InChI is InChI=1S/C22H31N5O4/c1-7-31-16(28)12-26-19(29)17-18(24(6)21(26)30)23-20-25(17)11-14(3)27(20)15-8-13(2)9-22(4,5)10-15/h11,13,15H,7-10,12H2,1-6H3/t13-,15+/m0/s1. The van der Waals surface area contributed by atoms with E-state index in [0.717, 1.165) is 23.1 Å². The van der Waals surface area contributed by atoms with E-state index in [4.69, 9.17) is 9.72 Å². The van der Waals surface area contributed by atoms with E-state index >= 15 is 0 Å². The first-order chi connectivity index (χ1) is 14.5. The van der Waals surface area contributed by atoms with Gasteiger partial charge in [0.15, 0.2) is 11.2 Å². The number of aromatic nitrogens is 5. The maximum atomic E-state index is 13.2. The fourth-order valence-corrected chi connectivity index (χ4v) is 5.45. The van der Waals surface area contributed by atoms with Crippen LogP contribution >= 0.6 is 0 Å². The predicted molar refractivity (Wildman–Crippen MR) is 117 cm³/mol. The number of carbonyl (C=O) groups is 1. The van der Waals surface area contributed by atoms with E-state index in [-0.39, 0.29) is 18.1 Å². The average molecular weight is 430 g/mol. The molecule has 31 heavy (non-hydrogen) atoms. The Labute approximate surface area is 180 Å². The first-order valence-electron chi connectivity index (χ1n) is 10.9. The van der Waals surface area contributed by atoms with Crippen LogP contribution in [-0.2, 0) is 23.1 Å². The molecule has 1 aliphatic carbocycles. The zero-order chi connectivity index (χ0) is 22.7. The van der Waals surface area contributed by atoms with Crippen LogP contribution in [0.15, 0.2) is 15.8 Å². The number of hydrogen-bond donors (Lipinski definition) is 0. The highest BCUT2D eigenvalue weighted by molar-refractivity contribution is 5.76. The van der Waals surface area contributed by atoms with Crippen LogP contribution in [0.25, 0.3) is 16.9 Å². The Hall–Kier alpha value is -2.84. The Morgan fingerprint density at radius 2 is 2.00 bits per heavy atom. The van der Waals surface area contributed by atoms with Crippen LogP contribution in [0.4, 0.5) is 0 Å². The lowest BCUT2D eigenvalue weighted by Gasteiger charge is -2.39. The molecule has 9 nitrogen and oxygen atoms in total. The molecule has 0 aliphatic heterocycles. The normalized spacial score (nSPS) is 21.1. The van der Waals surface area contributed by atoms with Gasteiger partial charge in [-0.1, -0.05) is 20.8 Å². The van der Waals surface area contributed by atoms with Crippen molar-refractivity contribution in [3.63, 3.8) is 0 Å². The minimum absolute atomic E-state index is 0.186. The smallest absolute Gasteiger partial charge is 0.333 e. The van der Waals surface area contributed by atoms with Gasteiger partial charge in [0.05, 0.1) is 6.61 Å². The third kappa shape index (κ3) is 3.49. The summed E-state index contributed by atoms with van der Waals surface area (Å²) in [6, 6.07) is 0.270. The highest BCUT2D eigenvalue weighted by atomic mass is 16.5. The molecular formula is C22H31N5O4. The number of esters is 1. The first kappa shape index (κ1) is 21.4. The number of imidazole rings is 2. The van der Waals surface area contributed by atoms with Gasteiger partial charge in [0, 0.05) is 25.0 Å². The highest BCUT2D eigenvalue weighted by Gasteiger charge is 2.34. The van der Waals surface area contributed by atoms with E-state index in [9.17, 15) is 14.4 Å². The molecule has 0 unspecified atom stereocenters. The summed E-state index contributed by atoms with van der Waals surface area (Å²) in [5, 5.41) is 0. The van der Waals surface area contributed by atoms with Crippen molar-refractivity contribution in [2.75, 3.05) is 6.61 Å². The minimum atomic E-state index is -0.617. The molecule has 3 aromatic rings. The quantitative estimate of drug-likeness (QED) is 0.594. The molecule has 0 aromatic carbocycles. The second-order valence-corrected chi connectivity index (χ2v) is 9.70. The van der Waals surface area contributed by atoms with Gasteiger partial charge in [0.1, 0.15) is 6.54 Å². The van der Waals surface area contributed by atoms with Gasteiger partial charge < -0.3 is 9.30 Å². The Morgan fingerprint density at radius 3 is 2.65 bits per heavy atom. The number of ether oxygens (including phenoxy) is 1. The minimum Gasteiger partial charge on any atom is -0.465 e. The SMILES string of the molecule is CCOC(=O)Cn1c(=O)c2c(nc3n([C@@H]4C[C@H](C)CC(C)(C)C4)c(C)cn23)n(C)c1=O. The number of rotatable bonds is 4. The molecule has 0 bridgehead atoms. The van der Waals surface area contributed by atoms with Crippen molar-refractivity contribution in [3.05, 3.63) is 32.7 Å². The Kier molecular flexibility index (Phi) is 5.10. The van der Waals surface area contributed by atoms with Gasteiger partial charge >= 0.3 is 11.7 Å². The molecule has 0 saturated heterocycles. The lowest BCUT2D eigenvalue weighted by Crippen LogP contribution is -2.41. The van der Waals surface area contributed by atoms with E-state index in [1.165, 1.54) is 11.0 Å². The second kappa shape index (κ2) is 7.39. The van der Waals surface area contributed by atoms with Crippen molar-refractivity contribution in [2.24, 2.45) is 18.4 Å². The lowest BCUT2D eigenvalue weighted by molar-refractivity contribution is -0.143. The Morgan fingerprint density at radius 1 is 1.29 bits per heavy atom. The molecule has 0 radical (unpaired) electrons. The zero-order valence-electron chi connectivity index (χ0n) is 19.1. The van der Waals surface area contributed by atoms with Crippen LogP contribution in [0.2, 0.25) is 0 Å². The lowest BCUT2D eigenvalue weighted by atomic mass is 9.70. The molecular weight excluding hydrogens is 398 g/mol. The van der Waals surface area contributed by atoms with Gasteiger partial charge in [0.2, 0.25) is 5.78 Å². The fraction of sp³-hybridized carbons (Fsp3) is 0.636. The van der Waals surface area contributed by atoms with Gasteiger partial charge in [-0.05, 0) is 44.4 Å². The van der Waals surface area contributed by atoms with Crippen LogP contribution in [-0.4, -0.2) is 35.7 Å². The molecule has 0 spiro atoms. The number of hydrogen-bond acceptors (Lipinski definition) is 5. The average Bonchev–Trinajstić information content (AvgIpc) is 3.16. The Balaban J connectivity index is 1.93. The predicted octanol–water partition coefficient (Wildman–Crippen LogP) is 2.41. The number of nitrogens with zero attached hydrogens (tertiary/aromatic N) is 5. The van der Waals surface area contributed by atoms with Crippen molar-refractivity contribution in [1.82, 2.24) is 23.1 Å². The van der Waals surface area contributed by atoms with E-state index in [0.29, 0.717) is 22.9 Å². The largest absolute Gasteiger partial charge is 0.465 e. The summed E-state index contributed by atoms with van der Waals surface area (Å²) in [5.74, 6) is 0.628. The number of carbonyl (C=O) groups excluding carboxylic acids is 1. The number of aryl methyl sites for hydroxylation is 2. The summed E-state index contributed by atoms with van der Waals surface area (Å²) in [6.07, 6.45) is 5.16.